The maximum absolute atomic E-state index is 12.7. The van der Waals surface area contributed by atoms with Crippen molar-refractivity contribution >= 4 is 33.3 Å². The second-order valence-corrected chi connectivity index (χ2v) is 7.92. The van der Waals surface area contributed by atoms with Crippen LogP contribution < -0.4 is 14.8 Å². The van der Waals surface area contributed by atoms with E-state index in [1.807, 2.05) is 29.2 Å². The van der Waals surface area contributed by atoms with Gasteiger partial charge in [-0.1, -0.05) is 28.1 Å². The standard InChI is InChI=1S/C21H21BrN2O5/c1-13(25)16-8-18-19(29-12-28-18)9-17(16)23-21(26)11-24-5-6-27-20(10-24)14-3-2-4-15(22)7-14/h2-4,7-9,20H,5-6,10-12H2,1H3,(H,23,26). The lowest BCUT2D eigenvalue weighted by molar-refractivity contribution is -0.119. The van der Waals surface area contributed by atoms with Crippen LogP contribution in [-0.4, -0.2) is 49.6 Å². The van der Waals surface area contributed by atoms with E-state index in [1.165, 1.54) is 6.92 Å². The maximum atomic E-state index is 12.7. The maximum Gasteiger partial charge on any atom is 0.238 e. The van der Waals surface area contributed by atoms with E-state index >= 15 is 0 Å². The fourth-order valence-electron chi connectivity index (χ4n) is 3.48. The van der Waals surface area contributed by atoms with Gasteiger partial charge >= 0.3 is 0 Å². The Bertz CT molecular complexity index is 949. The molecular formula is C21H21BrN2O5. The van der Waals surface area contributed by atoms with Crippen LogP contribution in [0.2, 0.25) is 0 Å². The van der Waals surface area contributed by atoms with Crippen molar-refractivity contribution in [1.29, 1.82) is 0 Å². The summed E-state index contributed by atoms with van der Waals surface area (Å²) in [6, 6.07) is 11.2. The van der Waals surface area contributed by atoms with Crippen molar-refractivity contribution in [2.75, 3.05) is 38.4 Å². The number of ketones is 1. The molecule has 0 aliphatic carbocycles. The van der Waals surface area contributed by atoms with Gasteiger partial charge < -0.3 is 19.5 Å². The Morgan fingerprint density at radius 1 is 1.21 bits per heavy atom. The third-order valence-corrected chi connectivity index (χ3v) is 5.40. The predicted octanol–water partition coefficient (Wildman–Crippen LogP) is 3.39. The number of halogens is 1. The fraction of sp³-hybridized carbons (Fsp3) is 0.333. The third kappa shape index (κ3) is 4.60. The van der Waals surface area contributed by atoms with Crippen molar-refractivity contribution in [2.24, 2.45) is 0 Å². The van der Waals surface area contributed by atoms with Crippen LogP contribution in [-0.2, 0) is 9.53 Å². The molecule has 2 aliphatic rings. The van der Waals surface area contributed by atoms with Crippen LogP contribution in [0.1, 0.15) is 28.9 Å². The highest BCUT2D eigenvalue weighted by molar-refractivity contribution is 9.10. The molecule has 1 N–H and O–H groups in total. The minimum Gasteiger partial charge on any atom is -0.454 e. The van der Waals surface area contributed by atoms with E-state index in [0.717, 1.165) is 10.0 Å². The minimum atomic E-state index is -0.193. The van der Waals surface area contributed by atoms with Gasteiger partial charge in [0.25, 0.3) is 0 Å². The van der Waals surface area contributed by atoms with Gasteiger partial charge in [-0.3, -0.25) is 14.5 Å². The number of ether oxygens (including phenoxy) is 3. The summed E-state index contributed by atoms with van der Waals surface area (Å²) in [5.74, 6) is 0.686. The number of morpholine rings is 1. The predicted molar refractivity (Wildman–Crippen MR) is 110 cm³/mol. The molecule has 0 spiro atoms. The lowest BCUT2D eigenvalue weighted by Gasteiger charge is -2.32. The summed E-state index contributed by atoms with van der Waals surface area (Å²) in [7, 11) is 0. The number of Topliss-reactive ketones (excluding diaryl/α,β-unsaturated/α-hetero) is 1. The monoisotopic (exact) mass is 460 g/mol. The molecule has 152 valence electrons. The molecule has 7 nitrogen and oxygen atoms in total. The van der Waals surface area contributed by atoms with Crippen LogP contribution in [0.25, 0.3) is 0 Å². The van der Waals surface area contributed by atoms with E-state index < -0.39 is 0 Å². The quantitative estimate of drug-likeness (QED) is 0.689. The van der Waals surface area contributed by atoms with E-state index in [2.05, 4.69) is 21.2 Å². The summed E-state index contributed by atoms with van der Waals surface area (Å²) in [6.07, 6.45) is -0.0904. The van der Waals surface area contributed by atoms with E-state index in [0.29, 0.717) is 42.4 Å². The number of hydrogen-bond acceptors (Lipinski definition) is 6. The zero-order valence-corrected chi connectivity index (χ0v) is 17.5. The Labute approximate surface area is 177 Å². The molecule has 0 radical (unpaired) electrons. The number of amides is 1. The Kier molecular flexibility index (Phi) is 5.84. The van der Waals surface area contributed by atoms with Crippen molar-refractivity contribution in [1.82, 2.24) is 4.90 Å². The highest BCUT2D eigenvalue weighted by atomic mass is 79.9. The fourth-order valence-corrected chi connectivity index (χ4v) is 3.90. The number of benzene rings is 2. The first-order valence-corrected chi connectivity index (χ1v) is 10.1. The van der Waals surface area contributed by atoms with Crippen molar-refractivity contribution in [3.05, 3.63) is 52.0 Å². The van der Waals surface area contributed by atoms with Crippen LogP contribution in [0.4, 0.5) is 5.69 Å². The second-order valence-electron chi connectivity index (χ2n) is 7.00. The molecule has 2 aromatic carbocycles. The third-order valence-electron chi connectivity index (χ3n) is 4.90. The van der Waals surface area contributed by atoms with Gasteiger partial charge in [-0.2, -0.15) is 0 Å². The first kappa shape index (κ1) is 19.9. The number of nitrogens with zero attached hydrogens (tertiary/aromatic N) is 1. The van der Waals surface area contributed by atoms with Gasteiger partial charge in [0.15, 0.2) is 17.3 Å². The summed E-state index contributed by atoms with van der Waals surface area (Å²) in [4.78, 5) is 26.7. The Balaban J connectivity index is 1.43. The summed E-state index contributed by atoms with van der Waals surface area (Å²) in [5.41, 5.74) is 1.90. The Hall–Kier alpha value is -2.42. The lowest BCUT2D eigenvalue weighted by Crippen LogP contribution is -2.42. The molecule has 0 aromatic heterocycles. The average molecular weight is 461 g/mol. The molecule has 2 heterocycles. The van der Waals surface area contributed by atoms with Gasteiger partial charge in [0.2, 0.25) is 12.7 Å². The smallest absolute Gasteiger partial charge is 0.238 e. The molecule has 1 amide bonds. The SMILES string of the molecule is CC(=O)c1cc2c(cc1NC(=O)CN1CCOC(c3cccc(Br)c3)C1)OCO2. The number of carbonyl (C=O) groups excluding carboxylic acids is 2. The highest BCUT2D eigenvalue weighted by Gasteiger charge is 2.25. The van der Waals surface area contributed by atoms with Gasteiger partial charge in [-0.15, -0.1) is 0 Å². The van der Waals surface area contributed by atoms with E-state index in [4.69, 9.17) is 14.2 Å². The van der Waals surface area contributed by atoms with Crippen molar-refractivity contribution < 1.29 is 23.8 Å². The molecule has 29 heavy (non-hydrogen) atoms. The lowest BCUT2D eigenvalue weighted by atomic mass is 10.1. The number of anilines is 1. The zero-order valence-electron chi connectivity index (χ0n) is 15.9. The van der Waals surface area contributed by atoms with E-state index in [-0.39, 0.29) is 31.1 Å². The Morgan fingerprint density at radius 2 is 2.00 bits per heavy atom. The second kappa shape index (κ2) is 8.52. The van der Waals surface area contributed by atoms with Gasteiger partial charge in [0.05, 0.1) is 24.9 Å². The molecule has 0 saturated carbocycles. The van der Waals surface area contributed by atoms with Crippen LogP contribution in [0.3, 0.4) is 0 Å². The summed E-state index contributed by atoms with van der Waals surface area (Å²) >= 11 is 3.48. The molecule has 4 rings (SSSR count). The highest BCUT2D eigenvalue weighted by Crippen LogP contribution is 2.37. The van der Waals surface area contributed by atoms with E-state index in [1.54, 1.807) is 12.1 Å². The van der Waals surface area contributed by atoms with Crippen LogP contribution in [0.15, 0.2) is 40.9 Å². The minimum absolute atomic E-state index is 0.0904. The molecule has 2 aliphatic heterocycles. The van der Waals surface area contributed by atoms with Crippen LogP contribution in [0, 0.1) is 0 Å². The number of carbonyl (C=O) groups is 2. The average Bonchev–Trinajstić information content (AvgIpc) is 3.15. The number of hydrogen-bond donors (Lipinski definition) is 1. The molecule has 2 aromatic rings. The normalized spacial score (nSPS) is 18.5. The molecule has 1 fully saturated rings. The molecule has 8 heteroatoms. The van der Waals surface area contributed by atoms with Crippen molar-refractivity contribution in [2.45, 2.75) is 13.0 Å². The topological polar surface area (TPSA) is 77.1 Å². The van der Waals surface area contributed by atoms with Crippen molar-refractivity contribution in [3.63, 3.8) is 0 Å². The van der Waals surface area contributed by atoms with Crippen molar-refractivity contribution in [3.8, 4) is 11.5 Å². The Morgan fingerprint density at radius 3 is 2.76 bits per heavy atom. The molecule has 1 saturated heterocycles. The van der Waals surface area contributed by atoms with Gasteiger partial charge in [0.1, 0.15) is 0 Å². The van der Waals surface area contributed by atoms with Gasteiger partial charge in [0, 0.05) is 29.2 Å². The summed E-state index contributed by atoms with van der Waals surface area (Å²) in [6.45, 7) is 3.60. The molecule has 1 unspecified atom stereocenters. The first-order chi connectivity index (χ1) is 14.0. The summed E-state index contributed by atoms with van der Waals surface area (Å²) in [5, 5.41) is 2.85. The first-order valence-electron chi connectivity index (χ1n) is 9.33. The van der Waals surface area contributed by atoms with Crippen LogP contribution >= 0.6 is 15.9 Å². The molecular weight excluding hydrogens is 440 g/mol. The van der Waals surface area contributed by atoms with Gasteiger partial charge in [-0.05, 0) is 30.7 Å². The van der Waals surface area contributed by atoms with Gasteiger partial charge in [-0.25, -0.2) is 0 Å². The number of rotatable bonds is 5. The number of nitrogens with one attached hydrogen (secondary N) is 1. The molecule has 0 bridgehead atoms. The largest absolute Gasteiger partial charge is 0.454 e. The number of fused-ring (bicyclic) bond motifs is 1. The molecule has 1 atom stereocenters. The summed E-state index contributed by atoms with van der Waals surface area (Å²) < 4.78 is 17.6. The van der Waals surface area contributed by atoms with Crippen LogP contribution in [0.5, 0.6) is 11.5 Å². The van der Waals surface area contributed by atoms with E-state index in [9.17, 15) is 9.59 Å². The zero-order chi connectivity index (χ0) is 20.4.